The van der Waals surface area contributed by atoms with Crippen molar-refractivity contribution in [1.82, 2.24) is 0 Å². The van der Waals surface area contributed by atoms with Gasteiger partial charge in [-0.1, -0.05) is 26.0 Å². The van der Waals surface area contributed by atoms with Gasteiger partial charge in [0.25, 0.3) is 0 Å². The lowest BCUT2D eigenvalue weighted by Gasteiger charge is -2.10. The predicted molar refractivity (Wildman–Crippen MR) is 57.6 cm³/mol. The van der Waals surface area contributed by atoms with E-state index in [4.69, 9.17) is 5.11 Å². The Bertz CT molecular complexity index is 292. The molecule has 0 aliphatic heterocycles. The first-order chi connectivity index (χ1) is 6.65. The molecule has 0 heterocycles. The summed E-state index contributed by atoms with van der Waals surface area (Å²) in [4.78, 5) is 0. The van der Waals surface area contributed by atoms with Crippen LogP contribution in [-0.4, -0.2) is 16.8 Å². The summed E-state index contributed by atoms with van der Waals surface area (Å²) in [6.07, 6.45) is 1.65. The summed E-state index contributed by atoms with van der Waals surface area (Å²) in [7, 11) is 0. The molecule has 1 rings (SSSR count). The van der Waals surface area contributed by atoms with E-state index in [9.17, 15) is 5.11 Å². The van der Waals surface area contributed by atoms with Crippen molar-refractivity contribution < 1.29 is 10.2 Å². The van der Waals surface area contributed by atoms with Gasteiger partial charge < -0.3 is 10.2 Å². The average Bonchev–Trinajstić information content (AvgIpc) is 2.16. The molecule has 0 amide bonds. The summed E-state index contributed by atoms with van der Waals surface area (Å²) < 4.78 is 0. The van der Waals surface area contributed by atoms with Gasteiger partial charge in [0.1, 0.15) is 5.75 Å². The number of phenolic OH excluding ortho intramolecular Hbond substituents is 1. The molecule has 0 spiro atoms. The summed E-state index contributed by atoms with van der Waals surface area (Å²) in [6, 6.07) is 5.68. The molecule has 0 saturated carbocycles. The molecule has 0 aromatic heterocycles. The molecule has 1 aromatic carbocycles. The number of aliphatic hydroxyl groups excluding tert-OH is 1. The minimum Gasteiger partial charge on any atom is -0.508 e. The molecule has 1 aromatic rings. The standard InChI is InChI=1S/C12H18O2/c1-9(2)11-8-10(4-3-7-13)5-6-12(11)14/h5-6,8-9,13-14H,3-4,7H2,1-2H3. The van der Waals surface area contributed by atoms with Crippen LogP contribution in [0.3, 0.4) is 0 Å². The second-order valence-electron chi connectivity index (χ2n) is 3.88. The Kier molecular flexibility index (Phi) is 3.96. The molecule has 14 heavy (non-hydrogen) atoms. The lowest BCUT2D eigenvalue weighted by Crippen LogP contribution is -1.93. The molecule has 0 unspecified atom stereocenters. The van der Waals surface area contributed by atoms with E-state index in [1.54, 1.807) is 6.07 Å². The monoisotopic (exact) mass is 194 g/mol. The van der Waals surface area contributed by atoms with E-state index < -0.39 is 0 Å². The van der Waals surface area contributed by atoms with Crippen LogP contribution in [0.25, 0.3) is 0 Å². The van der Waals surface area contributed by atoms with Gasteiger partial charge in [0.2, 0.25) is 0 Å². The van der Waals surface area contributed by atoms with E-state index in [0.29, 0.717) is 11.7 Å². The molecule has 0 saturated heterocycles. The molecule has 0 atom stereocenters. The summed E-state index contributed by atoms with van der Waals surface area (Å²) in [5.74, 6) is 0.705. The Morgan fingerprint density at radius 3 is 2.57 bits per heavy atom. The van der Waals surface area contributed by atoms with E-state index in [1.807, 2.05) is 12.1 Å². The number of aryl methyl sites for hydroxylation is 1. The largest absolute Gasteiger partial charge is 0.508 e. The van der Waals surface area contributed by atoms with Crippen molar-refractivity contribution in [3.63, 3.8) is 0 Å². The zero-order valence-electron chi connectivity index (χ0n) is 8.83. The van der Waals surface area contributed by atoms with Crippen LogP contribution >= 0.6 is 0 Å². The third-order valence-corrected chi connectivity index (χ3v) is 2.34. The van der Waals surface area contributed by atoms with Crippen molar-refractivity contribution in [2.24, 2.45) is 0 Å². The van der Waals surface area contributed by atoms with Crippen molar-refractivity contribution in [3.8, 4) is 5.75 Å². The SMILES string of the molecule is CC(C)c1cc(CCCO)ccc1O. The Labute approximate surface area is 85.2 Å². The maximum Gasteiger partial charge on any atom is 0.119 e. The number of benzene rings is 1. The molecule has 0 aliphatic carbocycles. The number of aliphatic hydroxyl groups is 1. The highest BCUT2D eigenvalue weighted by Crippen LogP contribution is 2.26. The summed E-state index contributed by atoms with van der Waals surface area (Å²) >= 11 is 0. The highest BCUT2D eigenvalue weighted by atomic mass is 16.3. The van der Waals surface area contributed by atoms with Gasteiger partial charge >= 0.3 is 0 Å². The van der Waals surface area contributed by atoms with Crippen molar-refractivity contribution in [3.05, 3.63) is 29.3 Å². The first-order valence-corrected chi connectivity index (χ1v) is 5.07. The summed E-state index contributed by atoms with van der Waals surface area (Å²) in [5, 5.41) is 18.3. The van der Waals surface area contributed by atoms with Crippen LogP contribution in [0.15, 0.2) is 18.2 Å². The number of hydrogen-bond donors (Lipinski definition) is 2. The maximum absolute atomic E-state index is 9.58. The van der Waals surface area contributed by atoms with Crippen LogP contribution in [0.4, 0.5) is 0 Å². The van der Waals surface area contributed by atoms with Gasteiger partial charge in [-0.05, 0) is 36.0 Å². The molecule has 2 nitrogen and oxygen atoms in total. The van der Waals surface area contributed by atoms with E-state index in [0.717, 1.165) is 18.4 Å². The molecular formula is C12H18O2. The van der Waals surface area contributed by atoms with Gasteiger partial charge in [0.15, 0.2) is 0 Å². The fourth-order valence-corrected chi connectivity index (χ4v) is 1.51. The second kappa shape index (κ2) is 5.01. The molecule has 0 aliphatic rings. The molecule has 0 fully saturated rings. The highest BCUT2D eigenvalue weighted by molar-refractivity contribution is 5.38. The van der Waals surface area contributed by atoms with E-state index >= 15 is 0 Å². The predicted octanol–water partition coefficient (Wildman–Crippen LogP) is 2.44. The molecule has 2 heteroatoms. The lowest BCUT2D eigenvalue weighted by molar-refractivity contribution is 0.288. The first-order valence-electron chi connectivity index (χ1n) is 5.07. The van der Waals surface area contributed by atoms with Crippen LogP contribution in [0.2, 0.25) is 0 Å². The third kappa shape index (κ3) is 2.74. The number of phenols is 1. The summed E-state index contributed by atoms with van der Waals surface area (Å²) in [6.45, 7) is 4.34. The maximum atomic E-state index is 9.58. The Hall–Kier alpha value is -1.02. The number of rotatable bonds is 4. The van der Waals surface area contributed by atoms with Gasteiger partial charge in [0.05, 0.1) is 0 Å². The van der Waals surface area contributed by atoms with Gasteiger partial charge in [-0.15, -0.1) is 0 Å². The van der Waals surface area contributed by atoms with Crippen LogP contribution in [0, 0.1) is 0 Å². The molecule has 0 radical (unpaired) electrons. The smallest absolute Gasteiger partial charge is 0.119 e. The van der Waals surface area contributed by atoms with Gasteiger partial charge in [-0.25, -0.2) is 0 Å². The van der Waals surface area contributed by atoms with Gasteiger partial charge in [-0.2, -0.15) is 0 Å². The summed E-state index contributed by atoms with van der Waals surface area (Å²) in [5.41, 5.74) is 2.17. The quantitative estimate of drug-likeness (QED) is 0.773. The zero-order valence-corrected chi connectivity index (χ0v) is 8.83. The highest BCUT2D eigenvalue weighted by Gasteiger charge is 2.06. The molecule has 0 bridgehead atoms. The van der Waals surface area contributed by atoms with Gasteiger partial charge in [-0.3, -0.25) is 0 Å². The fourth-order valence-electron chi connectivity index (χ4n) is 1.51. The second-order valence-corrected chi connectivity index (χ2v) is 3.88. The normalized spacial score (nSPS) is 10.9. The van der Waals surface area contributed by atoms with Crippen molar-refractivity contribution in [2.75, 3.05) is 6.61 Å². The van der Waals surface area contributed by atoms with E-state index in [1.165, 1.54) is 5.56 Å². The van der Waals surface area contributed by atoms with Gasteiger partial charge in [0, 0.05) is 6.61 Å². The Morgan fingerprint density at radius 2 is 2.00 bits per heavy atom. The Balaban J connectivity index is 2.83. The molecule has 78 valence electrons. The van der Waals surface area contributed by atoms with Crippen LogP contribution in [0.5, 0.6) is 5.75 Å². The minimum atomic E-state index is 0.220. The zero-order chi connectivity index (χ0) is 10.6. The topological polar surface area (TPSA) is 40.5 Å². The molecule has 2 N–H and O–H groups in total. The number of hydrogen-bond acceptors (Lipinski definition) is 2. The van der Waals surface area contributed by atoms with E-state index in [-0.39, 0.29) is 6.61 Å². The van der Waals surface area contributed by atoms with Crippen LogP contribution < -0.4 is 0 Å². The van der Waals surface area contributed by atoms with E-state index in [2.05, 4.69) is 13.8 Å². The third-order valence-electron chi connectivity index (χ3n) is 2.34. The van der Waals surface area contributed by atoms with Crippen LogP contribution in [-0.2, 0) is 6.42 Å². The van der Waals surface area contributed by atoms with Crippen molar-refractivity contribution >= 4 is 0 Å². The average molecular weight is 194 g/mol. The van der Waals surface area contributed by atoms with Crippen molar-refractivity contribution in [2.45, 2.75) is 32.6 Å². The van der Waals surface area contributed by atoms with Crippen LogP contribution in [0.1, 0.15) is 37.3 Å². The lowest BCUT2D eigenvalue weighted by atomic mass is 9.98. The molecular weight excluding hydrogens is 176 g/mol. The van der Waals surface area contributed by atoms with Crippen molar-refractivity contribution in [1.29, 1.82) is 0 Å². The number of aromatic hydroxyl groups is 1. The fraction of sp³-hybridized carbons (Fsp3) is 0.500. The Morgan fingerprint density at radius 1 is 1.29 bits per heavy atom. The first kappa shape index (κ1) is 11.1. The minimum absolute atomic E-state index is 0.220.